The van der Waals surface area contributed by atoms with Gasteiger partial charge in [-0.15, -0.1) is 0 Å². The summed E-state index contributed by atoms with van der Waals surface area (Å²) >= 11 is 0. The quantitative estimate of drug-likeness (QED) is 0.841. The fraction of sp³-hybridized carbons (Fsp3) is 0.438. The molecule has 1 aromatic heterocycles. The van der Waals surface area contributed by atoms with Gasteiger partial charge < -0.3 is 14.7 Å². The Labute approximate surface area is 120 Å². The minimum Gasteiger partial charge on any atom is -0.364 e. The van der Waals surface area contributed by atoms with Gasteiger partial charge in [0.05, 0.1) is 12.2 Å². The second-order valence-corrected chi connectivity index (χ2v) is 4.87. The molecule has 108 valence electrons. The molecular formula is C16H23N3O. The predicted molar refractivity (Wildman–Crippen MR) is 81.8 cm³/mol. The lowest BCUT2D eigenvalue weighted by Gasteiger charge is -2.23. The fourth-order valence-corrected chi connectivity index (χ4v) is 2.24. The average molecular weight is 273 g/mol. The van der Waals surface area contributed by atoms with Crippen LogP contribution in [-0.2, 0) is 13.1 Å². The lowest BCUT2D eigenvalue weighted by Crippen LogP contribution is -2.22. The maximum absolute atomic E-state index is 5.42. The van der Waals surface area contributed by atoms with E-state index in [1.54, 1.807) is 0 Å². The summed E-state index contributed by atoms with van der Waals surface area (Å²) in [5.41, 5.74) is 3.49. The predicted octanol–water partition coefficient (Wildman–Crippen LogP) is 3.12. The second-order valence-electron chi connectivity index (χ2n) is 4.87. The molecule has 0 bridgehead atoms. The molecule has 4 heteroatoms. The van der Waals surface area contributed by atoms with Crippen LogP contribution in [0.5, 0.6) is 0 Å². The van der Waals surface area contributed by atoms with E-state index in [2.05, 4.69) is 60.4 Å². The first-order valence-corrected chi connectivity index (χ1v) is 7.20. The number of hydrogen-bond acceptors (Lipinski definition) is 4. The smallest absolute Gasteiger partial charge is 0.156 e. The maximum Gasteiger partial charge on any atom is 0.156 e. The van der Waals surface area contributed by atoms with E-state index in [1.165, 1.54) is 11.3 Å². The Bertz CT molecular complexity index is 536. The van der Waals surface area contributed by atoms with Crippen LogP contribution in [0.25, 0.3) is 0 Å². The number of aryl methyl sites for hydroxylation is 1. The fourth-order valence-electron chi connectivity index (χ4n) is 2.24. The minimum absolute atomic E-state index is 0.750. The van der Waals surface area contributed by atoms with Crippen LogP contribution in [0.4, 0.5) is 5.69 Å². The molecular weight excluding hydrogens is 250 g/mol. The van der Waals surface area contributed by atoms with Gasteiger partial charge in [-0.25, -0.2) is 0 Å². The van der Waals surface area contributed by atoms with Gasteiger partial charge in [-0.1, -0.05) is 30.3 Å². The van der Waals surface area contributed by atoms with E-state index in [-0.39, 0.29) is 0 Å². The normalized spacial score (nSPS) is 10.8. The zero-order valence-corrected chi connectivity index (χ0v) is 12.5. The molecule has 0 spiro atoms. The van der Waals surface area contributed by atoms with E-state index in [1.807, 2.05) is 6.07 Å². The number of nitrogens with zero attached hydrogens (tertiary/aromatic N) is 2. The van der Waals surface area contributed by atoms with Crippen molar-refractivity contribution in [1.82, 2.24) is 10.5 Å². The van der Waals surface area contributed by atoms with Crippen LogP contribution < -0.4 is 10.2 Å². The number of anilines is 1. The molecule has 0 saturated heterocycles. The molecule has 20 heavy (non-hydrogen) atoms. The van der Waals surface area contributed by atoms with Gasteiger partial charge in [-0.05, 0) is 32.0 Å². The summed E-state index contributed by atoms with van der Waals surface area (Å²) in [6, 6.07) is 10.4. The van der Waals surface area contributed by atoms with Crippen molar-refractivity contribution in [3.63, 3.8) is 0 Å². The number of aromatic nitrogens is 1. The zero-order valence-electron chi connectivity index (χ0n) is 12.5. The van der Waals surface area contributed by atoms with Gasteiger partial charge in [0.25, 0.3) is 0 Å². The second kappa shape index (κ2) is 7.10. The Morgan fingerprint density at radius 1 is 1.25 bits per heavy atom. The van der Waals surface area contributed by atoms with Crippen LogP contribution in [-0.4, -0.2) is 18.2 Å². The van der Waals surface area contributed by atoms with Crippen LogP contribution in [0.1, 0.15) is 30.9 Å². The third-order valence-corrected chi connectivity index (χ3v) is 3.35. The van der Waals surface area contributed by atoms with Crippen molar-refractivity contribution >= 4 is 5.69 Å². The molecule has 0 unspecified atom stereocenters. The zero-order chi connectivity index (χ0) is 14.4. The topological polar surface area (TPSA) is 41.3 Å². The first kappa shape index (κ1) is 14.6. The molecule has 4 nitrogen and oxygen atoms in total. The van der Waals surface area contributed by atoms with Crippen molar-refractivity contribution < 1.29 is 4.52 Å². The molecule has 2 rings (SSSR count). The van der Waals surface area contributed by atoms with Gasteiger partial charge in [0, 0.05) is 24.8 Å². The minimum atomic E-state index is 0.750. The summed E-state index contributed by atoms with van der Waals surface area (Å²) in [5, 5.41) is 7.34. The van der Waals surface area contributed by atoms with E-state index in [0.29, 0.717) is 0 Å². The van der Waals surface area contributed by atoms with Crippen molar-refractivity contribution in [3.8, 4) is 0 Å². The number of hydrogen-bond donors (Lipinski definition) is 1. The van der Waals surface area contributed by atoms with Gasteiger partial charge in [-0.3, -0.25) is 0 Å². The Morgan fingerprint density at radius 2 is 2.05 bits per heavy atom. The average Bonchev–Trinajstić information content (AvgIpc) is 2.91. The summed E-state index contributed by atoms with van der Waals surface area (Å²) in [5.74, 6) is 0.906. The molecule has 1 heterocycles. The first-order chi connectivity index (χ1) is 9.74. The molecule has 0 radical (unpaired) electrons. The Morgan fingerprint density at radius 3 is 2.75 bits per heavy atom. The maximum atomic E-state index is 5.42. The summed E-state index contributed by atoms with van der Waals surface area (Å²) < 4.78 is 5.42. The Balaban J connectivity index is 2.07. The van der Waals surface area contributed by atoms with Gasteiger partial charge in [-0.2, -0.15) is 0 Å². The molecule has 2 aromatic rings. The van der Waals surface area contributed by atoms with Gasteiger partial charge >= 0.3 is 0 Å². The molecule has 1 N–H and O–H groups in total. The summed E-state index contributed by atoms with van der Waals surface area (Å²) in [7, 11) is 0. The van der Waals surface area contributed by atoms with Crippen LogP contribution in [0.3, 0.4) is 0 Å². The third kappa shape index (κ3) is 3.61. The number of benzene rings is 1. The molecule has 1 aromatic carbocycles. The Hall–Kier alpha value is -1.81. The molecule has 0 saturated carbocycles. The summed E-state index contributed by atoms with van der Waals surface area (Å²) in [6.45, 7) is 9.76. The third-order valence-electron chi connectivity index (χ3n) is 3.35. The van der Waals surface area contributed by atoms with Gasteiger partial charge in [0.15, 0.2) is 5.76 Å². The highest BCUT2D eigenvalue weighted by Crippen LogP contribution is 2.21. The van der Waals surface area contributed by atoms with Crippen molar-refractivity contribution in [2.24, 2.45) is 0 Å². The highest BCUT2D eigenvalue weighted by molar-refractivity contribution is 5.52. The molecule has 0 aliphatic carbocycles. The van der Waals surface area contributed by atoms with Gasteiger partial charge in [0.2, 0.25) is 0 Å². The highest BCUT2D eigenvalue weighted by atomic mass is 16.5. The van der Waals surface area contributed by atoms with E-state index >= 15 is 0 Å². The van der Waals surface area contributed by atoms with E-state index in [4.69, 9.17) is 4.52 Å². The lowest BCUT2D eigenvalue weighted by molar-refractivity contribution is 0.374. The SMILES string of the molecule is CCNCc1cc(CN(CC)c2ccccc2C)on1. The number of para-hydroxylation sites is 1. The van der Waals surface area contributed by atoms with Crippen molar-refractivity contribution in [1.29, 1.82) is 0 Å². The molecule has 0 atom stereocenters. The van der Waals surface area contributed by atoms with Crippen molar-refractivity contribution in [2.45, 2.75) is 33.9 Å². The van der Waals surface area contributed by atoms with Crippen molar-refractivity contribution in [2.75, 3.05) is 18.0 Å². The molecule has 0 aliphatic heterocycles. The van der Waals surface area contributed by atoms with Crippen molar-refractivity contribution in [3.05, 3.63) is 47.3 Å². The summed E-state index contributed by atoms with van der Waals surface area (Å²) in [4.78, 5) is 2.30. The van der Waals surface area contributed by atoms with Crippen LogP contribution >= 0.6 is 0 Å². The standard InChI is InChI=1S/C16H23N3O/c1-4-17-11-14-10-15(20-18-14)12-19(5-2)16-9-7-6-8-13(16)3/h6-10,17H,4-5,11-12H2,1-3H3. The van der Waals surface area contributed by atoms with E-state index < -0.39 is 0 Å². The largest absolute Gasteiger partial charge is 0.364 e. The van der Waals surface area contributed by atoms with E-state index in [0.717, 1.165) is 37.6 Å². The number of nitrogens with one attached hydrogen (secondary N) is 1. The first-order valence-electron chi connectivity index (χ1n) is 7.20. The van der Waals surface area contributed by atoms with Gasteiger partial charge in [0.1, 0.15) is 0 Å². The van der Waals surface area contributed by atoms with Crippen LogP contribution in [0.2, 0.25) is 0 Å². The molecule has 0 amide bonds. The monoisotopic (exact) mass is 273 g/mol. The van der Waals surface area contributed by atoms with Crippen LogP contribution in [0.15, 0.2) is 34.9 Å². The van der Waals surface area contributed by atoms with E-state index in [9.17, 15) is 0 Å². The molecule has 0 fully saturated rings. The summed E-state index contributed by atoms with van der Waals surface area (Å²) in [6.07, 6.45) is 0. The molecule has 0 aliphatic rings. The highest BCUT2D eigenvalue weighted by Gasteiger charge is 2.11. The van der Waals surface area contributed by atoms with Crippen LogP contribution in [0, 0.1) is 6.92 Å². The number of rotatable bonds is 7. The Kier molecular flexibility index (Phi) is 5.18. The lowest BCUT2D eigenvalue weighted by atomic mass is 10.1.